The molecule has 0 spiro atoms. The molecule has 1 aliphatic rings. The van der Waals surface area contributed by atoms with Gasteiger partial charge in [-0.25, -0.2) is 0 Å². The van der Waals surface area contributed by atoms with Gasteiger partial charge in [0.25, 0.3) is 0 Å². The zero-order chi connectivity index (χ0) is 13.4. The molecule has 0 aliphatic heterocycles. The van der Waals surface area contributed by atoms with E-state index >= 15 is 0 Å². The molecule has 18 heavy (non-hydrogen) atoms. The van der Waals surface area contributed by atoms with E-state index in [1.165, 1.54) is 6.42 Å². The topological polar surface area (TPSA) is 84.2 Å². The highest BCUT2D eigenvalue weighted by Crippen LogP contribution is 2.30. The van der Waals surface area contributed by atoms with E-state index in [-0.39, 0.29) is 17.7 Å². The van der Waals surface area contributed by atoms with E-state index in [1.54, 1.807) is 7.05 Å². The van der Waals surface area contributed by atoms with Crippen LogP contribution in [-0.2, 0) is 9.59 Å². The Labute approximate surface area is 109 Å². The molecule has 0 aromatic rings. The summed E-state index contributed by atoms with van der Waals surface area (Å²) in [5, 5.41) is 5.39. The van der Waals surface area contributed by atoms with Crippen molar-refractivity contribution in [2.75, 3.05) is 20.1 Å². The number of hydrogen-bond acceptors (Lipinski definition) is 3. The quantitative estimate of drug-likeness (QED) is 0.642. The van der Waals surface area contributed by atoms with Gasteiger partial charge in [-0.05, 0) is 31.7 Å². The predicted octanol–water partition coefficient (Wildman–Crippen LogP) is 0.394. The van der Waals surface area contributed by atoms with Crippen molar-refractivity contribution in [1.29, 1.82) is 0 Å². The fourth-order valence-electron chi connectivity index (χ4n) is 2.60. The van der Waals surface area contributed by atoms with Crippen molar-refractivity contribution in [3.8, 4) is 0 Å². The number of carbonyl (C=O) groups is 2. The monoisotopic (exact) mass is 255 g/mol. The van der Waals surface area contributed by atoms with E-state index in [0.717, 1.165) is 25.7 Å². The summed E-state index contributed by atoms with van der Waals surface area (Å²) >= 11 is 0. The minimum atomic E-state index is -0.0417. The van der Waals surface area contributed by atoms with Gasteiger partial charge in [0.15, 0.2) is 0 Å². The molecule has 1 aliphatic carbocycles. The lowest BCUT2D eigenvalue weighted by Gasteiger charge is -2.28. The minimum Gasteiger partial charge on any atom is -0.359 e. The SMILES string of the molecule is CNC(=O)CCNC(=O)C1CCCC(CCN)C1. The second-order valence-electron chi connectivity index (χ2n) is 5.02. The molecule has 4 N–H and O–H groups in total. The molecule has 0 saturated heterocycles. The molecule has 0 heterocycles. The third-order valence-electron chi connectivity index (χ3n) is 3.66. The van der Waals surface area contributed by atoms with Gasteiger partial charge in [0.1, 0.15) is 0 Å². The van der Waals surface area contributed by atoms with Gasteiger partial charge in [0.05, 0.1) is 0 Å². The van der Waals surface area contributed by atoms with Gasteiger partial charge >= 0.3 is 0 Å². The summed E-state index contributed by atoms with van der Waals surface area (Å²) in [4.78, 5) is 23.0. The van der Waals surface area contributed by atoms with Crippen molar-refractivity contribution < 1.29 is 9.59 Å². The zero-order valence-corrected chi connectivity index (χ0v) is 11.2. The first-order valence-corrected chi connectivity index (χ1v) is 6.85. The molecular formula is C13H25N3O2. The number of carbonyl (C=O) groups excluding carboxylic acids is 2. The maximum atomic E-state index is 11.9. The standard InChI is InChI=1S/C13H25N3O2/c1-15-12(17)6-8-16-13(18)11-4-2-3-10(9-11)5-7-14/h10-11H,2-9,14H2,1H3,(H,15,17)(H,16,18). The second-order valence-corrected chi connectivity index (χ2v) is 5.02. The lowest BCUT2D eigenvalue weighted by molar-refractivity contribution is -0.126. The summed E-state index contributed by atoms with van der Waals surface area (Å²) in [6.07, 6.45) is 5.58. The fourth-order valence-corrected chi connectivity index (χ4v) is 2.60. The largest absolute Gasteiger partial charge is 0.359 e. The minimum absolute atomic E-state index is 0.0417. The Balaban J connectivity index is 2.26. The Bertz CT molecular complexity index is 279. The maximum Gasteiger partial charge on any atom is 0.223 e. The smallest absolute Gasteiger partial charge is 0.223 e. The second kappa shape index (κ2) is 8.08. The summed E-state index contributed by atoms with van der Waals surface area (Å²) in [5.74, 6) is 0.763. The number of hydrogen-bond donors (Lipinski definition) is 3. The van der Waals surface area contributed by atoms with Crippen molar-refractivity contribution in [3.63, 3.8) is 0 Å². The van der Waals surface area contributed by atoms with Gasteiger partial charge in [0, 0.05) is 25.9 Å². The Hall–Kier alpha value is -1.10. The molecule has 1 rings (SSSR count). The van der Waals surface area contributed by atoms with Crippen LogP contribution in [0.3, 0.4) is 0 Å². The fraction of sp³-hybridized carbons (Fsp3) is 0.846. The van der Waals surface area contributed by atoms with E-state index < -0.39 is 0 Å². The van der Waals surface area contributed by atoms with Crippen molar-refractivity contribution in [2.45, 2.75) is 38.5 Å². The van der Waals surface area contributed by atoms with Crippen LogP contribution in [0.5, 0.6) is 0 Å². The van der Waals surface area contributed by atoms with Crippen LogP contribution in [0.25, 0.3) is 0 Å². The number of rotatable bonds is 6. The van der Waals surface area contributed by atoms with E-state index in [0.29, 0.717) is 25.4 Å². The molecule has 2 atom stereocenters. The number of nitrogens with one attached hydrogen (secondary N) is 2. The summed E-state index contributed by atoms with van der Waals surface area (Å²) in [6.45, 7) is 1.13. The van der Waals surface area contributed by atoms with E-state index in [9.17, 15) is 9.59 Å². The summed E-state index contributed by atoms with van der Waals surface area (Å²) in [7, 11) is 1.60. The normalized spacial score (nSPS) is 23.4. The summed E-state index contributed by atoms with van der Waals surface area (Å²) in [6, 6.07) is 0. The predicted molar refractivity (Wildman–Crippen MR) is 70.8 cm³/mol. The molecule has 1 fully saturated rings. The van der Waals surface area contributed by atoms with Crippen LogP contribution in [-0.4, -0.2) is 32.0 Å². The summed E-state index contributed by atoms with van der Waals surface area (Å²) < 4.78 is 0. The lowest BCUT2D eigenvalue weighted by atomic mass is 9.79. The first kappa shape index (κ1) is 15.0. The third-order valence-corrected chi connectivity index (χ3v) is 3.66. The number of amides is 2. The molecular weight excluding hydrogens is 230 g/mol. The van der Waals surface area contributed by atoms with Crippen molar-refractivity contribution in [2.24, 2.45) is 17.6 Å². The molecule has 2 unspecified atom stereocenters. The van der Waals surface area contributed by atoms with Gasteiger partial charge in [-0.2, -0.15) is 0 Å². The van der Waals surface area contributed by atoms with Gasteiger partial charge in [0.2, 0.25) is 11.8 Å². The Morgan fingerprint density at radius 3 is 2.78 bits per heavy atom. The Morgan fingerprint density at radius 1 is 1.33 bits per heavy atom. The molecule has 0 aromatic heterocycles. The van der Waals surface area contributed by atoms with E-state index in [2.05, 4.69) is 10.6 Å². The molecule has 0 radical (unpaired) electrons. The highest BCUT2D eigenvalue weighted by Gasteiger charge is 2.26. The lowest BCUT2D eigenvalue weighted by Crippen LogP contribution is -2.36. The molecule has 1 saturated carbocycles. The van der Waals surface area contributed by atoms with Crippen LogP contribution in [0, 0.1) is 11.8 Å². The van der Waals surface area contributed by atoms with Crippen LogP contribution < -0.4 is 16.4 Å². The van der Waals surface area contributed by atoms with E-state index in [1.807, 2.05) is 0 Å². The molecule has 2 amide bonds. The Morgan fingerprint density at radius 2 is 2.11 bits per heavy atom. The highest BCUT2D eigenvalue weighted by molar-refractivity contribution is 5.80. The van der Waals surface area contributed by atoms with Crippen molar-refractivity contribution >= 4 is 11.8 Å². The molecule has 0 bridgehead atoms. The average molecular weight is 255 g/mol. The Kier molecular flexibility index (Phi) is 6.72. The first-order chi connectivity index (χ1) is 8.67. The molecule has 5 nitrogen and oxygen atoms in total. The number of nitrogens with two attached hydrogens (primary N) is 1. The van der Waals surface area contributed by atoms with Crippen LogP contribution in [0.2, 0.25) is 0 Å². The van der Waals surface area contributed by atoms with Gasteiger partial charge in [-0.1, -0.05) is 12.8 Å². The zero-order valence-electron chi connectivity index (χ0n) is 11.2. The van der Waals surface area contributed by atoms with Crippen LogP contribution >= 0.6 is 0 Å². The maximum absolute atomic E-state index is 11.9. The van der Waals surface area contributed by atoms with Crippen molar-refractivity contribution in [1.82, 2.24) is 10.6 Å². The first-order valence-electron chi connectivity index (χ1n) is 6.85. The van der Waals surface area contributed by atoms with Crippen LogP contribution in [0.15, 0.2) is 0 Å². The molecule has 104 valence electrons. The van der Waals surface area contributed by atoms with Gasteiger partial charge < -0.3 is 16.4 Å². The third kappa shape index (κ3) is 5.04. The molecule has 0 aromatic carbocycles. The summed E-state index contributed by atoms with van der Waals surface area (Å²) in [5.41, 5.74) is 5.56. The van der Waals surface area contributed by atoms with E-state index in [4.69, 9.17) is 5.73 Å². The van der Waals surface area contributed by atoms with Crippen LogP contribution in [0.4, 0.5) is 0 Å². The highest BCUT2D eigenvalue weighted by atomic mass is 16.2. The van der Waals surface area contributed by atoms with Crippen LogP contribution in [0.1, 0.15) is 38.5 Å². The van der Waals surface area contributed by atoms with Gasteiger partial charge in [-0.3, -0.25) is 9.59 Å². The molecule has 5 heteroatoms. The van der Waals surface area contributed by atoms with Gasteiger partial charge in [-0.15, -0.1) is 0 Å². The van der Waals surface area contributed by atoms with Crippen molar-refractivity contribution in [3.05, 3.63) is 0 Å². The average Bonchev–Trinajstić information content (AvgIpc) is 2.39.